The van der Waals surface area contributed by atoms with Crippen molar-refractivity contribution in [2.75, 3.05) is 54.1 Å². The molecule has 0 amide bonds. The monoisotopic (exact) mass is 282 g/mol. The molecule has 1 fully saturated rings. The number of benzene rings is 2. The van der Waals surface area contributed by atoms with E-state index in [4.69, 9.17) is 5.73 Å². The number of nitrogen functional groups attached to an aromatic ring is 1. The van der Waals surface area contributed by atoms with E-state index in [0.29, 0.717) is 0 Å². The SMILES string of the molecule is CNc1ccc(N2CCN(c3ccc(N)cc3)CC2)cc1. The molecule has 2 aromatic carbocycles. The molecule has 0 saturated carbocycles. The number of anilines is 4. The first kappa shape index (κ1) is 13.6. The third-order valence-corrected chi connectivity index (χ3v) is 4.06. The summed E-state index contributed by atoms with van der Waals surface area (Å²) in [6.07, 6.45) is 0. The fraction of sp³-hybridized carbons (Fsp3) is 0.294. The van der Waals surface area contributed by atoms with E-state index in [-0.39, 0.29) is 0 Å². The topological polar surface area (TPSA) is 44.5 Å². The van der Waals surface area contributed by atoms with E-state index in [1.54, 1.807) is 0 Å². The average molecular weight is 282 g/mol. The van der Waals surface area contributed by atoms with E-state index >= 15 is 0 Å². The zero-order valence-electron chi connectivity index (χ0n) is 12.4. The maximum absolute atomic E-state index is 5.75. The highest BCUT2D eigenvalue weighted by molar-refractivity contribution is 5.57. The van der Waals surface area contributed by atoms with E-state index < -0.39 is 0 Å². The van der Waals surface area contributed by atoms with Crippen molar-refractivity contribution < 1.29 is 0 Å². The van der Waals surface area contributed by atoms with E-state index in [9.17, 15) is 0 Å². The molecule has 0 aromatic heterocycles. The lowest BCUT2D eigenvalue weighted by molar-refractivity contribution is 0.653. The highest BCUT2D eigenvalue weighted by atomic mass is 15.3. The van der Waals surface area contributed by atoms with Gasteiger partial charge in [-0.2, -0.15) is 0 Å². The fourth-order valence-corrected chi connectivity index (χ4v) is 2.75. The summed E-state index contributed by atoms with van der Waals surface area (Å²) in [4.78, 5) is 4.85. The molecule has 1 aliphatic rings. The summed E-state index contributed by atoms with van der Waals surface area (Å²) in [7, 11) is 1.94. The summed E-state index contributed by atoms with van der Waals surface area (Å²) in [6, 6.07) is 16.8. The maximum Gasteiger partial charge on any atom is 0.0368 e. The van der Waals surface area contributed by atoms with Gasteiger partial charge in [-0.25, -0.2) is 0 Å². The maximum atomic E-state index is 5.75. The van der Waals surface area contributed by atoms with Gasteiger partial charge in [0.05, 0.1) is 0 Å². The van der Waals surface area contributed by atoms with Crippen LogP contribution in [0.3, 0.4) is 0 Å². The third-order valence-electron chi connectivity index (χ3n) is 4.06. The van der Waals surface area contributed by atoms with Crippen LogP contribution in [0.15, 0.2) is 48.5 Å². The lowest BCUT2D eigenvalue weighted by Crippen LogP contribution is -2.46. The number of piperazine rings is 1. The lowest BCUT2D eigenvalue weighted by Gasteiger charge is -2.37. The van der Waals surface area contributed by atoms with Crippen molar-refractivity contribution in [1.29, 1.82) is 0 Å². The van der Waals surface area contributed by atoms with Gasteiger partial charge < -0.3 is 20.9 Å². The first-order chi connectivity index (χ1) is 10.3. The fourth-order valence-electron chi connectivity index (χ4n) is 2.75. The molecule has 0 bridgehead atoms. The van der Waals surface area contributed by atoms with Gasteiger partial charge in [-0.15, -0.1) is 0 Å². The summed E-state index contributed by atoms with van der Waals surface area (Å²) in [5.41, 5.74) is 10.3. The second kappa shape index (κ2) is 5.95. The van der Waals surface area contributed by atoms with Crippen LogP contribution in [-0.4, -0.2) is 33.2 Å². The molecule has 0 atom stereocenters. The Kier molecular flexibility index (Phi) is 3.86. The first-order valence-electron chi connectivity index (χ1n) is 7.39. The lowest BCUT2D eigenvalue weighted by atomic mass is 10.2. The van der Waals surface area contributed by atoms with Gasteiger partial charge >= 0.3 is 0 Å². The molecule has 4 heteroatoms. The van der Waals surface area contributed by atoms with Crippen molar-refractivity contribution in [1.82, 2.24) is 0 Å². The number of rotatable bonds is 3. The Hall–Kier alpha value is -2.36. The summed E-state index contributed by atoms with van der Waals surface area (Å²) in [5.74, 6) is 0. The van der Waals surface area contributed by atoms with Gasteiger partial charge in [-0.1, -0.05) is 0 Å². The largest absolute Gasteiger partial charge is 0.399 e. The molecule has 0 unspecified atom stereocenters. The third kappa shape index (κ3) is 3.05. The van der Waals surface area contributed by atoms with E-state index in [0.717, 1.165) is 37.6 Å². The van der Waals surface area contributed by atoms with Crippen molar-refractivity contribution in [3.63, 3.8) is 0 Å². The molecule has 4 nitrogen and oxygen atoms in total. The first-order valence-corrected chi connectivity index (χ1v) is 7.39. The highest BCUT2D eigenvalue weighted by Gasteiger charge is 2.17. The van der Waals surface area contributed by atoms with E-state index in [2.05, 4.69) is 51.5 Å². The van der Waals surface area contributed by atoms with Crippen LogP contribution in [0.5, 0.6) is 0 Å². The summed E-state index contributed by atoms with van der Waals surface area (Å²) < 4.78 is 0. The van der Waals surface area contributed by atoms with Gasteiger partial charge in [0.2, 0.25) is 0 Å². The zero-order valence-corrected chi connectivity index (χ0v) is 12.4. The van der Waals surface area contributed by atoms with Gasteiger partial charge in [0.1, 0.15) is 0 Å². The predicted molar refractivity (Wildman–Crippen MR) is 91.3 cm³/mol. The number of nitrogens with two attached hydrogens (primary N) is 1. The molecular formula is C17H22N4. The molecule has 3 rings (SSSR count). The number of hydrogen-bond acceptors (Lipinski definition) is 4. The average Bonchev–Trinajstić information content (AvgIpc) is 2.56. The van der Waals surface area contributed by atoms with Crippen molar-refractivity contribution >= 4 is 22.7 Å². The van der Waals surface area contributed by atoms with Gasteiger partial charge in [0, 0.05) is 56.0 Å². The van der Waals surface area contributed by atoms with Crippen LogP contribution in [0.25, 0.3) is 0 Å². The molecule has 0 spiro atoms. The van der Waals surface area contributed by atoms with Gasteiger partial charge in [-0.3, -0.25) is 0 Å². The number of nitrogens with one attached hydrogen (secondary N) is 1. The van der Waals surface area contributed by atoms with Crippen molar-refractivity contribution in [2.24, 2.45) is 0 Å². The van der Waals surface area contributed by atoms with E-state index in [1.807, 2.05) is 19.2 Å². The smallest absolute Gasteiger partial charge is 0.0368 e. The Morgan fingerprint density at radius 3 is 1.62 bits per heavy atom. The summed E-state index contributed by atoms with van der Waals surface area (Å²) >= 11 is 0. The second-order valence-corrected chi connectivity index (χ2v) is 5.36. The predicted octanol–water partition coefficient (Wildman–Crippen LogP) is 2.64. The Morgan fingerprint density at radius 2 is 1.19 bits per heavy atom. The molecule has 21 heavy (non-hydrogen) atoms. The molecule has 1 heterocycles. The Balaban J connectivity index is 1.62. The molecule has 1 saturated heterocycles. The van der Waals surface area contributed by atoms with Crippen molar-refractivity contribution in [3.05, 3.63) is 48.5 Å². The van der Waals surface area contributed by atoms with Gasteiger partial charge in [-0.05, 0) is 48.5 Å². The van der Waals surface area contributed by atoms with E-state index in [1.165, 1.54) is 11.4 Å². The second-order valence-electron chi connectivity index (χ2n) is 5.36. The normalized spacial score (nSPS) is 15.1. The minimum atomic E-state index is 0.821. The van der Waals surface area contributed by atoms with Crippen LogP contribution in [0.2, 0.25) is 0 Å². The summed E-state index contributed by atoms with van der Waals surface area (Å²) in [6.45, 7) is 4.17. The van der Waals surface area contributed by atoms with Crippen LogP contribution < -0.4 is 20.9 Å². The van der Waals surface area contributed by atoms with Crippen LogP contribution in [0.1, 0.15) is 0 Å². The minimum Gasteiger partial charge on any atom is -0.399 e. The van der Waals surface area contributed by atoms with Crippen molar-refractivity contribution in [2.45, 2.75) is 0 Å². The van der Waals surface area contributed by atoms with Gasteiger partial charge in [0.15, 0.2) is 0 Å². The molecule has 2 aromatic rings. The number of hydrogen-bond donors (Lipinski definition) is 2. The summed E-state index contributed by atoms with van der Waals surface area (Å²) in [5, 5.41) is 3.15. The zero-order chi connectivity index (χ0) is 14.7. The Morgan fingerprint density at radius 1 is 0.762 bits per heavy atom. The van der Waals surface area contributed by atoms with Crippen LogP contribution >= 0.6 is 0 Å². The quantitative estimate of drug-likeness (QED) is 0.850. The highest BCUT2D eigenvalue weighted by Crippen LogP contribution is 2.22. The Bertz CT molecular complexity index is 569. The Labute approximate surface area is 126 Å². The van der Waals surface area contributed by atoms with Gasteiger partial charge in [0.25, 0.3) is 0 Å². The minimum absolute atomic E-state index is 0.821. The molecule has 0 radical (unpaired) electrons. The van der Waals surface area contributed by atoms with Crippen LogP contribution in [0, 0.1) is 0 Å². The molecule has 0 aliphatic carbocycles. The molecule has 110 valence electrons. The molecule has 3 N–H and O–H groups in total. The van der Waals surface area contributed by atoms with Crippen molar-refractivity contribution in [3.8, 4) is 0 Å². The van der Waals surface area contributed by atoms with Crippen LogP contribution in [-0.2, 0) is 0 Å². The van der Waals surface area contributed by atoms with Crippen LogP contribution in [0.4, 0.5) is 22.7 Å². The molecule has 1 aliphatic heterocycles. The standard InChI is InChI=1S/C17H22N4/c1-19-15-4-8-17(9-5-15)21-12-10-20(11-13-21)16-6-2-14(18)3-7-16/h2-9,19H,10-13,18H2,1H3. The number of nitrogens with zero attached hydrogens (tertiary/aromatic N) is 2. The molecular weight excluding hydrogens is 260 g/mol.